The van der Waals surface area contributed by atoms with Crippen molar-refractivity contribution in [3.63, 3.8) is 0 Å². The number of nitrogens with zero attached hydrogens (tertiary/aromatic N) is 1. The molecule has 176 valence electrons. The summed E-state index contributed by atoms with van der Waals surface area (Å²) in [4.78, 5) is 27.7. The van der Waals surface area contributed by atoms with Crippen LogP contribution in [0, 0.1) is 5.82 Å². The Labute approximate surface area is 202 Å². The van der Waals surface area contributed by atoms with Crippen molar-refractivity contribution < 1.29 is 23.5 Å². The van der Waals surface area contributed by atoms with E-state index in [2.05, 4.69) is 5.32 Å². The highest BCUT2D eigenvalue weighted by molar-refractivity contribution is 6.30. The molecule has 0 aromatic heterocycles. The van der Waals surface area contributed by atoms with Gasteiger partial charge in [0.25, 0.3) is 0 Å². The average molecular weight is 483 g/mol. The zero-order valence-corrected chi connectivity index (χ0v) is 19.3. The minimum absolute atomic E-state index is 0.109. The molecule has 3 aromatic rings. The molecule has 0 fully saturated rings. The van der Waals surface area contributed by atoms with Crippen LogP contribution in [0.25, 0.3) is 0 Å². The average Bonchev–Trinajstić information content (AvgIpc) is 3.31. The molecule has 0 aliphatic carbocycles. The first-order valence-electron chi connectivity index (χ1n) is 10.8. The lowest BCUT2D eigenvalue weighted by atomic mass is 10.1. The van der Waals surface area contributed by atoms with Crippen molar-refractivity contribution in [3.8, 4) is 11.5 Å². The van der Waals surface area contributed by atoms with Crippen LogP contribution < -0.4 is 14.8 Å². The fourth-order valence-corrected chi connectivity index (χ4v) is 3.76. The van der Waals surface area contributed by atoms with E-state index in [1.807, 2.05) is 12.1 Å². The van der Waals surface area contributed by atoms with Gasteiger partial charge in [0.05, 0.1) is 6.42 Å². The Balaban J connectivity index is 1.46. The molecule has 1 atom stereocenters. The molecule has 1 heterocycles. The van der Waals surface area contributed by atoms with E-state index in [0.29, 0.717) is 16.5 Å². The standard InChI is InChI=1S/C26H24ClFN2O4/c1-17(26(32)29-14-20-6-11-23-24(12-20)34-16-33-23)30(15-19-4-9-22(28)10-5-19)25(31)13-18-2-7-21(27)8-3-18/h2-12,17H,13-16H2,1H3,(H,29,32)/t17-/m1/s1. The molecule has 3 aromatic carbocycles. The first-order valence-corrected chi connectivity index (χ1v) is 11.2. The number of carbonyl (C=O) groups excluding carboxylic acids is 2. The van der Waals surface area contributed by atoms with Crippen LogP contribution in [0.5, 0.6) is 11.5 Å². The molecule has 1 aliphatic rings. The SMILES string of the molecule is C[C@H](C(=O)NCc1ccc2c(c1)OCO2)N(Cc1ccc(F)cc1)C(=O)Cc1ccc(Cl)cc1. The molecule has 2 amide bonds. The summed E-state index contributed by atoms with van der Waals surface area (Å²) in [7, 11) is 0. The molecule has 34 heavy (non-hydrogen) atoms. The van der Waals surface area contributed by atoms with Crippen LogP contribution in [0.4, 0.5) is 4.39 Å². The normalized spacial score (nSPS) is 12.8. The molecule has 0 radical (unpaired) electrons. The highest BCUT2D eigenvalue weighted by Gasteiger charge is 2.26. The van der Waals surface area contributed by atoms with Gasteiger partial charge in [-0.05, 0) is 60.0 Å². The first-order chi connectivity index (χ1) is 16.4. The van der Waals surface area contributed by atoms with Crippen LogP contribution in [-0.2, 0) is 29.1 Å². The fraction of sp³-hybridized carbons (Fsp3) is 0.231. The Morgan fingerprint density at radius 2 is 1.62 bits per heavy atom. The summed E-state index contributed by atoms with van der Waals surface area (Å²) in [5.74, 6) is 0.413. The van der Waals surface area contributed by atoms with Gasteiger partial charge in [-0.1, -0.05) is 41.9 Å². The third kappa shape index (κ3) is 5.85. The Bertz CT molecular complexity index is 1170. The lowest BCUT2D eigenvalue weighted by Gasteiger charge is -2.29. The van der Waals surface area contributed by atoms with Crippen LogP contribution in [0.15, 0.2) is 66.7 Å². The molecule has 1 N–H and O–H groups in total. The van der Waals surface area contributed by atoms with Crippen molar-refractivity contribution in [2.45, 2.75) is 32.5 Å². The Morgan fingerprint density at radius 3 is 2.35 bits per heavy atom. The van der Waals surface area contributed by atoms with Gasteiger partial charge in [0.1, 0.15) is 11.9 Å². The van der Waals surface area contributed by atoms with Crippen LogP contribution >= 0.6 is 11.6 Å². The molecule has 0 spiro atoms. The maximum Gasteiger partial charge on any atom is 0.242 e. The summed E-state index contributed by atoms with van der Waals surface area (Å²) in [6.07, 6.45) is 0.109. The zero-order chi connectivity index (χ0) is 24.1. The largest absolute Gasteiger partial charge is 0.454 e. The van der Waals surface area contributed by atoms with Crippen molar-refractivity contribution in [1.82, 2.24) is 10.2 Å². The quantitative estimate of drug-likeness (QED) is 0.514. The summed E-state index contributed by atoms with van der Waals surface area (Å²) in [5.41, 5.74) is 2.36. The van der Waals surface area contributed by atoms with Gasteiger partial charge in [-0.3, -0.25) is 9.59 Å². The summed E-state index contributed by atoms with van der Waals surface area (Å²) in [6, 6.07) is 17.6. The number of halogens is 2. The van der Waals surface area contributed by atoms with Gasteiger partial charge in [-0.15, -0.1) is 0 Å². The summed E-state index contributed by atoms with van der Waals surface area (Å²) < 4.78 is 24.1. The number of ether oxygens (including phenoxy) is 2. The highest BCUT2D eigenvalue weighted by Crippen LogP contribution is 2.32. The second-order valence-corrected chi connectivity index (χ2v) is 8.47. The number of carbonyl (C=O) groups is 2. The zero-order valence-electron chi connectivity index (χ0n) is 18.6. The number of fused-ring (bicyclic) bond motifs is 1. The second kappa shape index (κ2) is 10.6. The third-order valence-electron chi connectivity index (χ3n) is 5.61. The first kappa shape index (κ1) is 23.6. The van der Waals surface area contributed by atoms with E-state index in [4.69, 9.17) is 21.1 Å². The number of benzene rings is 3. The van der Waals surface area contributed by atoms with Crippen molar-refractivity contribution in [3.05, 3.63) is 94.3 Å². The maximum absolute atomic E-state index is 13.4. The van der Waals surface area contributed by atoms with Crippen LogP contribution in [0.3, 0.4) is 0 Å². The number of amides is 2. The number of hydrogen-bond donors (Lipinski definition) is 1. The van der Waals surface area contributed by atoms with Crippen molar-refractivity contribution in [1.29, 1.82) is 0 Å². The predicted octanol–water partition coefficient (Wildman–Crippen LogP) is 4.48. The van der Waals surface area contributed by atoms with Crippen molar-refractivity contribution >= 4 is 23.4 Å². The second-order valence-electron chi connectivity index (χ2n) is 8.03. The van der Waals surface area contributed by atoms with E-state index in [0.717, 1.165) is 16.7 Å². The Morgan fingerprint density at radius 1 is 0.971 bits per heavy atom. The Hall–Kier alpha value is -3.58. The molecular weight excluding hydrogens is 459 g/mol. The number of hydrogen-bond acceptors (Lipinski definition) is 4. The van der Waals surface area contributed by atoms with Gasteiger partial charge in [0.15, 0.2) is 11.5 Å². The van der Waals surface area contributed by atoms with E-state index in [9.17, 15) is 14.0 Å². The molecule has 8 heteroatoms. The topological polar surface area (TPSA) is 67.9 Å². The lowest BCUT2D eigenvalue weighted by Crippen LogP contribution is -2.48. The summed E-state index contributed by atoms with van der Waals surface area (Å²) in [5, 5.41) is 3.46. The van der Waals surface area contributed by atoms with Crippen LogP contribution in [0.2, 0.25) is 5.02 Å². The van der Waals surface area contributed by atoms with Gasteiger partial charge in [0, 0.05) is 18.1 Å². The van der Waals surface area contributed by atoms with Gasteiger partial charge >= 0.3 is 0 Å². The van der Waals surface area contributed by atoms with Gasteiger partial charge in [-0.25, -0.2) is 4.39 Å². The van der Waals surface area contributed by atoms with Gasteiger partial charge in [0.2, 0.25) is 18.6 Å². The minimum atomic E-state index is -0.751. The van der Waals surface area contributed by atoms with E-state index < -0.39 is 6.04 Å². The molecular formula is C26H24ClFN2O4. The van der Waals surface area contributed by atoms with E-state index in [1.54, 1.807) is 49.4 Å². The summed E-state index contributed by atoms with van der Waals surface area (Å²) >= 11 is 5.95. The number of nitrogens with one attached hydrogen (secondary N) is 1. The summed E-state index contributed by atoms with van der Waals surface area (Å²) in [6.45, 7) is 2.30. The Kier molecular flexibility index (Phi) is 7.33. The molecule has 4 rings (SSSR count). The molecule has 6 nitrogen and oxygen atoms in total. The lowest BCUT2D eigenvalue weighted by molar-refractivity contribution is -0.140. The van der Waals surface area contributed by atoms with Gasteiger partial charge < -0.3 is 19.7 Å². The molecule has 1 aliphatic heterocycles. The molecule has 0 saturated carbocycles. The van der Waals surface area contributed by atoms with Gasteiger partial charge in [-0.2, -0.15) is 0 Å². The van der Waals surface area contributed by atoms with Crippen LogP contribution in [0.1, 0.15) is 23.6 Å². The van der Waals surface area contributed by atoms with E-state index in [-0.39, 0.29) is 43.9 Å². The molecule has 0 bridgehead atoms. The van der Waals surface area contributed by atoms with Crippen molar-refractivity contribution in [2.75, 3.05) is 6.79 Å². The third-order valence-corrected chi connectivity index (χ3v) is 5.86. The monoisotopic (exact) mass is 482 g/mol. The van der Waals surface area contributed by atoms with Crippen molar-refractivity contribution in [2.24, 2.45) is 0 Å². The van der Waals surface area contributed by atoms with Crippen LogP contribution in [-0.4, -0.2) is 29.5 Å². The predicted molar refractivity (Wildman–Crippen MR) is 126 cm³/mol. The molecule has 0 unspecified atom stereocenters. The van der Waals surface area contributed by atoms with E-state index in [1.165, 1.54) is 17.0 Å². The highest BCUT2D eigenvalue weighted by atomic mass is 35.5. The fourth-order valence-electron chi connectivity index (χ4n) is 3.64. The maximum atomic E-state index is 13.4. The molecule has 0 saturated heterocycles. The minimum Gasteiger partial charge on any atom is -0.454 e. The number of rotatable bonds is 8. The smallest absolute Gasteiger partial charge is 0.242 e. The van der Waals surface area contributed by atoms with E-state index >= 15 is 0 Å².